The van der Waals surface area contributed by atoms with Crippen molar-refractivity contribution in [3.8, 4) is 11.5 Å². The van der Waals surface area contributed by atoms with Crippen molar-refractivity contribution in [3.05, 3.63) is 59.1 Å². The molecule has 0 bridgehead atoms. The molecule has 3 rings (SSSR count). The summed E-state index contributed by atoms with van der Waals surface area (Å²) < 4.78 is 5.82. The second kappa shape index (κ2) is 11.4. The number of carbonyl (C=O) groups is 4. The number of hydrogen-bond acceptors (Lipinski definition) is 5. The van der Waals surface area contributed by atoms with Gasteiger partial charge in [0.1, 0.15) is 29.9 Å². The molecule has 0 aliphatic carbocycles. The van der Waals surface area contributed by atoms with Crippen LogP contribution in [-0.2, 0) is 14.4 Å². The Morgan fingerprint density at radius 3 is 2.51 bits per heavy atom. The van der Waals surface area contributed by atoms with Crippen molar-refractivity contribution in [1.29, 1.82) is 0 Å². The van der Waals surface area contributed by atoms with Crippen LogP contribution in [0.25, 0.3) is 0 Å². The number of likely N-dealkylation sites (tertiary alicyclic amines) is 1. The average Bonchev–Trinajstić information content (AvgIpc) is 3.32. The highest BCUT2D eigenvalue weighted by molar-refractivity contribution is 6.35. The number of nitrogens with zero attached hydrogens (tertiary/aromatic N) is 1. The van der Waals surface area contributed by atoms with Gasteiger partial charge in [-0.25, -0.2) is 0 Å². The molecule has 2 aromatic carbocycles. The Balaban J connectivity index is 1.81. The Hall–Kier alpha value is -3.39. The van der Waals surface area contributed by atoms with Gasteiger partial charge in [-0.2, -0.15) is 0 Å². The predicted molar refractivity (Wildman–Crippen MR) is 132 cm³/mol. The highest BCUT2D eigenvalue weighted by atomic mass is 35.5. The lowest BCUT2D eigenvalue weighted by atomic mass is 9.85. The first-order valence-corrected chi connectivity index (χ1v) is 11.9. The summed E-state index contributed by atoms with van der Waals surface area (Å²) in [6.45, 7) is 5.79. The Labute approximate surface area is 210 Å². The minimum atomic E-state index is -0.913. The van der Waals surface area contributed by atoms with E-state index in [1.165, 1.54) is 4.90 Å². The molecule has 0 unspecified atom stereocenters. The third-order valence-electron chi connectivity index (χ3n) is 5.77. The second-order valence-corrected chi connectivity index (χ2v) is 9.78. The van der Waals surface area contributed by atoms with Gasteiger partial charge in [0, 0.05) is 6.54 Å². The van der Waals surface area contributed by atoms with E-state index in [0.717, 1.165) is 0 Å². The molecule has 1 heterocycles. The highest BCUT2D eigenvalue weighted by Crippen LogP contribution is 2.33. The molecule has 2 atom stereocenters. The average molecular weight is 500 g/mol. The second-order valence-electron chi connectivity index (χ2n) is 9.41. The van der Waals surface area contributed by atoms with Gasteiger partial charge in [-0.05, 0) is 42.5 Å². The number of hydrogen-bond donors (Lipinski definition) is 2. The summed E-state index contributed by atoms with van der Waals surface area (Å²) in [6, 6.07) is 12.3. The van der Waals surface area contributed by atoms with Crippen molar-refractivity contribution in [2.75, 3.05) is 13.1 Å². The Kier molecular flexibility index (Phi) is 8.51. The largest absolute Gasteiger partial charge is 0.456 e. The summed E-state index contributed by atoms with van der Waals surface area (Å²) in [5.41, 5.74) is -0.479. The first-order chi connectivity index (χ1) is 16.6. The molecule has 1 aliphatic rings. The fraction of sp³-hybridized carbons (Fsp3) is 0.385. The molecular formula is C26H30ClN3O5. The Bertz CT molecular complexity index is 1080. The maximum Gasteiger partial charge on any atom is 0.253 e. The third kappa shape index (κ3) is 6.39. The normalized spacial score (nSPS) is 16.3. The predicted octanol–water partition coefficient (Wildman–Crippen LogP) is 3.58. The number of carbonyl (C=O) groups excluding carboxylic acids is 4. The van der Waals surface area contributed by atoms with Gasteiger partial charge in [0.05, 0.1) is 17.1 Å². The van der Waals surface area contributed by atoms with Crippen molar-refractivity contribution in [1.82, 2.24) is 15.5 Å². The van der Waals surface area contributed by atoms with Gasteiger partial charge in [0.2, 0.25) is 11.8 Å². The van der Waals surface area contributed by atoms with Crippen molar-refractivity contribution in [3.63, 3.8) is 0 Å². The fourth-order valence-corrected chi connectivity index (χ4v) is 4.22. The minimum Gasteiger partial charge on any atom is -0.456 e. The van der Waals surface area contributed by atoms with Crippen LogP contribution in [0, 0.1) is 5.41 Å². The summed E-state index contributed by atoms with van der Waals surface area (Å²) in [5.74, 6) is -0.376. The topological polar surface area (TPSA) is 105 Å². The molecule has 3 amide bonds. The quantitative estimate of drug-likeness (QED) is 0.540. The van der Waals surface area contributed by atoms with E-state index in [2.05, 4.69) is 10.6 Å². The van der Waals surface area contributed by atoms with E-state index in [0.29, 0.717) is 37.2 Å². The van der Waals surface area contributed by atoms with Gasteiger partial charge in [-0.3, -0.25) is 14.4 Å². The molecule has 1 aliphatic heterocycles. The number of benzene rings is 2. The van der Waals surface area contributed by atoms with Crippen LogP contribution in [0.4, 0.5) is 0 Å². The first-order valence-electron chi connectivity index (χ1n) is 11.5. The number of amides is 3. The summed E-state index contributed by atoms with van der Waals surface area (Å²) in [4.78, 5) is 51.4. The molecule has 186 valence electrons. The summed E-state index contributed by atoms with van der Waals surface area (Å²) in [7, 11) is 0. The number of nitrogens with one attached hydrogen (secondary N) is 2. The van der Waals surface area contributed by atoms with Crippen molar-refractivity contribution in [2.24, 2.45) is 5.41 Å². The number of halogens is 1. The Morgan fingerprint density at radius 1 is 1.14 bits per heavy atom. The number of ether oxygens (including phenoxy) is 1. The van der Waals surface area contributed by atoms with Gasteiger partial charge in [0.15, 0.2) is 0 Å². The smallest absolute Gasteiger partial charge is 0.253 e. The molecule has 2 aromatic rings. The van der Waals surface area contributed by atoms with Crippen LogP contribution in [0.5, 0.6) is 11.5 Å². The summed E-state index contributed by atoms with van der Waals surface area (Å²) in [6.07, 6.45) is 1.74. The SMILES string of the molecule is CC(C)(C)[C@H](NC(=O)c1cccc(Oc2ccccc2)c1Cl)C(=O)N1CCC[C@H]1C(=O)NCC=O. The van der Waals surface area contributed by atoms with E-state index < -0.39 is 23.4 Å². The van der Waals surface area contributed by atoms with Crippen molar-refractivity contribution in [2.45, 2.75) is 45.7 Å². The Morgan fingerprint density at radius 2 is 1.86 bits per heavy atom. The zero-order valence-electron chi connectivity index (χ0n) is 20.0. The standard InChI is InChI=1S/C26H30ClN3O5/c1-26(2,3)22(25(34)30-15-8-12-19(30)24(33)28-14-16-31)29-23(32)18-11-7-13-20(21(18)27)35-17-9-5-4-6-10-17/h4-7,9-11,13,16,19,22H,8,12,14-15H2,1-3H3,(H,28,33)(H,29,32)/t19-,22+/m0/s1. The molecule has 0 radical (unpaired) electrons. The maximum absolute atomic E-state index is 13.5. The van der Waals surface area contributed by atoms with Gasteiger partial charge in [0.25, 0.3) is 5.91 Å². The first kappa shape index (κ1) is 26.2. The molecule has 2 N–H and O–H groups in total. The molecule has 8 nitrogen and oxygen atoms in total. The van der Waals surface area contributed by atoms with E-state index >= 15 is 0 Å². The molecule has 9 heteroatoms. The zero-order chi connectivity index (χ0) is 25.6. The molecule has 1 fully saturated rings. The monoisotopic (exact) mass is 499 g/mol. The third-order valence-corrected chi connectivity index (χ3v) is 6.16. The molecule has 0 aromatic heterocycles. The van der Waals surface area contributed by atoms with E-state index in [4.69, 9.17) is 16.3 Å². The van der Waals surface area contributed by atoms with Crippen LogP contribution in [0.1, 0.15) is 44.0 Å². The molecule has 0 saturated carbocycles. The van der Waals surface area contributed by atoms with Crippen LogP contribution < -0.4 is 15.4 Å². The summed E-state index contributed by atoms with van der Waals surface area (Å²) in [5, 5.41) is 5.47. The van der Waals surface area contributed by atoms with E-state index in [-0.39, 0.29) is 28.9 Å². The molecule has 1 saturated heterocycles. The molecule has 0 spiro atoms. The van der Waals surface area contributed by atoms with Crippen molar-refractivity contribution >= 4 is 35.6 Å². The van der Waals surface area contributed by atoms with Crippen LogP contribution in [-0.4, -0.2) is 54.1 Å². The lowest BCUT2D eigenvalue weighted by molar-refractivity contribution is -0.141. The number of rotatable bonds is 8. The van der Waals surface area contributed by atoms with E-state index in [1.807, 2.05) is 39.0 Å². The number of aldehydes is 1. The van der Waals surface area contributed by atoms with Crippen LogP contribution in [0.15, 0.2) is 48.5 Å². The molecular weight excluding hydrogens is 470 g/mol. The van der Waals surface area contributed by atoms with Crippen molar-refractivity contribution < 1.29 is 23.9 Å². The van der Waals surface area contributed by atoms with Gasteiger partial charge < -0.3 is 25.1 Å². The van der Waals surface area contributed by atoms with Crippen LogP contribution >= 0.6 is 11.6 Å². The maximum atomic E-state index is 13.5. The van der Waals surface area contributed by atoms with Gasteiger partial charge in [-0.15, -0.1) is 0 Å². The summed E-state index contributed by atoms with van der Waals surface area (Å²) >= 11 is 6.51. The lowest BCUT2D eigenvalue weighted by Gasteiger charge is -2.35. The fourth-order valence-electron chi connectivity index (χ4n) is 3.97. The minimum absolute atomic E-state index is 0.114. The highest BCUT2D eigenvalue weighted by Gasteiger charge is 2.42. The van der Waals surface area contributed by atoms with Gasteiger partial charge >= 0.3 is 0 Å². The van der Waals surface area contributed by atoms with Crippen LogP contribution in [0.3, 0.4) is 0 Å². The lowest BCUT2D eigenvalue weighted by Crippen LogP contribution is -2.57. The van der Waals surface area contributed by atoms with E-state index in [9.17, 15) is 19.2 Å². The van der Waals surface area contributed by atoms with Crippen LogP contribution in [0.2, 0.25) is 5.02 Å². The van der Waals surface area contributed by atoms with Gasteiger partial charge in [-0.1, -0.05) is 56.6 Å². The van der Waals surface area contributed by atoms with E-state index in [1.54, 1.807) is 30.3 Å². The molecule has 35 heavy (non-hydrogen) atoms. The number of para-hydroxylation sites is 1. The zero-order valence-corrected chi connectivity index (χ0v) is 20.8.